The van der Waals surface area contributed by atoms with E-state index < -0.39 is 10.8 Å². The zero-order valence-electron chi connectivity index (χ0n) is 10.6. The second-order valence-electron chi connectivity index (χ2n) is 4.92. The van der Waals surface area contributed by atoms with Crippen molar-refractivity contribution in [2.24, 2.45) is 0 Å². The standard InChI is InChI=1S/C14H21NOS/c1-11-4-3-5-13(10-11)12(2)15-14-6-8-17(16)9-7-14/h3-5,10,12,14-15H,6-9H2,1-2H3/t12-,14?,17?/m1/s1. The van der Waals surface area contributed by atoms with Gasteiger partial charge in [-0.05, 0) is 32.3 Å². The van der Waals surface area contributed by atoms with Crippen molar-refractivity contribution >= 4 is 10.8 Å². The Morgan fingerprint density at radius 1 is 1.35 bits per heavy atom. The molecular weight excluding hydrogens is 230 g/mol. The Morgan fingerprint density at radius 3 is 2.71 bits per heavy atom. The van der Waals surface area contributed by atoms with Crippen molar-refractivity contribution in [2.45, 2.75) is 38.8 Å². The second-order valence-corrected chi connectivity index (χ2v) is 6.62. The van der Waals surface area contributed by atoms with Crippen molar-refractivity contribution in [3.05, 3.63) is 35.4 Å². The van der Waals surface area contributed by atoms with E-state index in [0.29, 0.717) is 12.1 Å². The molecule has 2 nitrogen and oxygen atoms in total. The van der Waals surface area contributed by atoms with E-state index in [1.54, 1.807) is 0 Å². The molecule has 1 aromatic carbocycles. The maximum Gasteiger partial charge on any atom is 0.0294 e. The Labute approximate surface area is 106 Å². The summed E-state index contributed by atoms with van der Waals surface area (Å²) in [7, 11) is -0.564. The molecule has 1 aliphatic rings. The molecule has 0 unspecified atom stereocenters. The Bertz CT molecular complexity index is 395. The molecule has 2 rings (SSSR count). The van der Waals surface area contributed by atoms with E-state index in [1.807, 2.05) is 0 Å². The van der Waals surface area contributed by atoms with E-state index in [9.17, 15) is 4.21 Å². The summed E-state index contributed by atoms with van der Waals surface area (Å²) in [6.45, 7) is 4.33. The van der Waals surface area contributed by atoms with Gasteiger partial charge in [0.2, 0.25) is 0 Å². The Hall–Kier alpha value is -0.670. The van der Waals surface area contributed by atoms with Gasteiger partial charge in [-0.2, -0.15) is 0 Å². The van der Waals surface area contributed by atoms with Crippen LogP contribution in [0.2, 0.25) is 0 Å². The lowest BCUT2D eigenvalue weighted by atomic mass is 10.0. The number of nitrogens with one attached hydrogen (secondary N) is 1. The maximum absolute atomic E-state index is 11.3. The number of hydrogen-bond donors (Lipinski definition) is 1. The van der Waals surface area contributed by atoms with Crippen LogP contribution in [-0.4, -0.2) is 21.8 Å². The van der Waals surface area contributed by atoms with E-state index in [0.717, 1.165) is 24.3 Å². The monoisotopic (exact) mass is 251 g/mol. The molecule has 1 saturated heterocycles. The van der Waals surface area contributed by atoms with Crippen LogP contribution >= 0.6 is 0 Å². The van der Waals surface area contributed by atoms with Crippen LogP contribution in [-0.2, 0) is 10.8 Å². The van der Waals surface area contributed by atoms with Gasteiger partial charge in [0.15, 0.2) is 0 Å². The molecule has 3 heteroatoms. The summed E-state index contributed by atoms with van der Waals surface area (Å²) in [4.78, 5) is 0. The third-order valence-corrected chi connectivity index (χ3v) is 4.80. The van der Waals surface area contributed by atoms with Crippen molar-refractivity contribution < 1.29 is 4.21 Å². The molecule has 17 heavy (non-hydrogen) atoms. The molecule has 0 saturated carbocycles. The van der Waals surface area contributed by atoms with E-state index in [1.165, 1.54) is 11.1 Å². The third kappa shape index (κ3) is 3.65. The molecule has 0 amide bonds. The summed E-state index contributed by atoms with van der Waals surface area (Å²) in [6.07, 6.45) is 2.09. The van der Waals surface area contributed by atoms with Crippen LogP contribution < -0.4 is 5.32 Å². The van der Waals surface area contributed by atoms with Crippen LogP contribution in [0.25, 0.3) is 0 Å². The quantitative estimate of drug-likeness (QED) is 0.894. The van der Waals surface area contributed by atoms with Crippen LogP contribution in [0.1, 0.15) is 36.9 Å². The van der Waals surface area contributed by atoms with Crippen LogP contribution in [0.5, 0.6) is 0 Å². The van der Waals surface area contributed by atoms with Gasteiger partial charge in [-0.25, -0.2) is 0 Å². The summed E-state index contributed by atoms with van der Waals surface area (Å²) in [6, 6.07) is 9.55. The first-order valence-electron chi connectivity index (χ1n) is 6.33. The zero-order valence-corrected chi connectivity index (χ0v) is 11.4. The average Bonchev–Trinajstić information content (AvgIpc) is 2.32. The first kappa shape index (κ1) is 12.8. The topological polar surface area (TPSA) is 29.1 Å². The molecule has 0 aliphatic carbocycles. The minimum absolute atomic E-state index is 0.381. The molecular formula is C14H21NOS. The predicted molar refractivity (Wildman–Crippen MR) is 73.6 cm³/mol. The molecule has 1 aromatic rings. The van der Waals surface area contributed by atoms with Crippen LogP contribution in [0.15, 0.2) is 24.3 Å². The lowest BCUT2D eigenvalue weighted by Gasteiger charge is -2.26. The highest BCUT2D eigenvalue weighted by Gasteiger charge is 2.19. The van der Waals surface area contributed by atoms with Gasteiger partial charge in [-0.3, -0.25) is 4.21 Å². The SMILES string of the molecule is Cc1cccc([C@@H](C)NC2CCS(=O)CC2)c1. The number of aryl methyl sites for hydroxylation is 1. The third-order valence-electron chi connectivity index (χ3n) is 3.42. The fourth-order valence-corrected chi connectivity index (χ4v) is 3.65. The fourth-order valence-electron chi connectivity index (χ4n) is 2.35. The molecule has 0 bridgehead atoms. The fraction of sp³-hybridized carbons (Fsp3) is 0.571. The number of benzene rings is 1. The first-order valence-corrected chi connectivity index (χ1v) is 7.81. The summed E-state index contributed by atoms with van der Waals surface area (Å²) in [5.74, 6) is 1.72. The Kier molecular flexibility index (Phi) is 4.35. The number of hydrogen-bond acceptors (Lipinski definition) is 2. The molecule has 0 aromatic heterocycles. The average molecular weight is 251 g/mol. The van der Waals surface area contributed by atoms with Gasteiger partial charge in [-0.15, -0.1) is 0 Å². The van der Waals surface area contributed by atoms with E-state index >= 15 is 0 Å². The Morgan fingerprint density at radius 2 is 2.06 bits per heavy atom. The number of rotatable bonds is 3. The highest BCUT2D eigenvalue weighted by Crippen LogP contribution is 2.18. The minimum atomic E-state index is -0.564. The van der Waals surface area contributed by atoms with Crippen molar-refractivity contribution in [3.63, 3.8) is 0 Å². The highest BCUT2D eigenvalue weighted by molar-refractivity contribution is 7.85. The summed E-state index contributed by atoms with van der Waals surface area (Å²) < 4.78 is 11.3. The normalized spacial score (nSPS) is 26.7. The summed E-state index contributed by atoms with van der Waals surface area (Å²) >= 11 is 0. The molecule has 1 heterocycles. The molecule has 0 radical (unpaired) electrons. The minimum Gasteiger partial charge on any atom is -0.307 e. The van der Waals surface area contributed by atoms with Crippen molar-refractivity contribution in [1.82, 2.24) is 5.32 Å². The molecule has 1 atom stereocenters. The molecule has 1 aliphatic heterocycles. The summed E-state index contributed by atoms with van der Waals surface area (Å²) in [5.41, 5.74) is 2.65. The largest absolute Gasteiger partial charge is 0.307 e. The molecule has 0 spiro atoms. The van der Waals surface area contributed by atoms with Crippen LogP contribution in [0, 0.1) is 6.92 Å². The van der Waals surface area contributed by atoms with Gasteiger partial charge >= 0.3 is 0 Å². The first-order chi connectivity index (χ1) is 8.15. The van der Waals surface area contributed by atoms with Gasteiger partial charge in [0.05, 0.1) is 0 Å². The summed E-state index contributed by atoms with van der Waals surface area (Å²) in [5, 5.41) is 3.65. The van der Waals surface area contributed by atoms with E-state index in [-0.39, 0.29) is 0 Å². The maximum atomic E-state index is 11.3. The van der Waals surface area contributed by atoms with Gasteiger partial charge in [0.25, 0.3) is 0 Å². The van der Waals surface area contributed by atoms with E-state index in [2.05, 4.69) is 43.4 Å². The van der Waals surface area contributed by atoms with Crippen LogP contribution in [0.3, 0.4) is 0 Å². The van der Waals surface area contributed by atoms with Gasteiger partial charge in [-0.1, -0.05) is 29.8 Å². The van der Waals surface area contributed by atoms with Crippen molar-refractivity contribution in [2.75, 3.05) is 11.5 Å². The zero-order chi connectivity index (χ0) is 12.3. The smallest absolute Gasteiger partial charge is 0.0294 e. The van der Waals surface area contributed by atoms with Crippen molar-refractivity contribution in [3.8, 4) is 0 Å². The predicted octanol–water partition coefficient (Wildman–Crippen LogP) is 2.56. The molecule has 94 valence electrons. The highest BCUT2D eigenvalue weighted by atomic mass is 32.2. The van der Waals surface area contributed by atoms with Crippen LogP contribution in [0.4, 0.5) is 0 Å². The lowest BCUT2D eigenvalue weighted by Crippen LogP contribution is -2.37. The van der Waals surface area contributed by atoms with E-state index in [4.69, 9.17) is 0 Å². The molecule has 1 fully saturated rings. The molecule has 1 N–H and O–H groups in total. The van der Waals surface area contributed by atoms with Gasteiger partial charge < -0.3 is 5.32 Å². The van der Waals surface area contributed by atoms with Gasteiger partial charge in [0.1, 0.15) is 0 Å². The Balaban J connectivity index is 1.92. The van der Waals surface area contributed by atoms with Gasteiger partial charge in [0, 0.05) is 34.4 Å². The second kappa shape index (κ2) is 5.78. The van der Waals surface area contributed by atoms with Crippen molar-refractivity contribution in [1.29, 1.82) is 0 Å². The lowest BCUT2D eigenvalue weighted by molar-refractivity contribution is 0.427.